The van der Waals surface area contributed by atoms with Gasteiger partial charge in [0, 0.05) is 30.5 Å². The van der Waals surface area contributed by atoms with Gasteiger partial charge in [-0.15, -0.1) is 0 Å². The van der Waals surface area contributed by atoms with Gasteiger partial charge in [0.15, 0.2) is 0 Å². The Labute approximate surface area is 174 Å². The fourth-order valence-corrected chi connectivity index (χ4v) is 5.75. The van der Waals surface area contributed by atoms with Gasteiger partial charge in [0.25, 0.3) is 5.91 Å². The van der Waals surface area contributed by atoms with Crippen molar-refractivity contribution in [2.24, 2.45) is 0 Å². The topological polar surface area (TPSA) is 41.6 Å². The van der Waals surface area contributed by atoms with E-state index < -0.39 is 11.3 Å². The van der Waals surface area contributed by atoms with Crippen LogP contribution in [0.2, 0.25) is 0 Å². The van der Waals surface area contributed by atoms with E-state index >= 15 is 0 Å². The molecule has 0 radical (unpaired) electrons. The first kappa shape index (κ1) is 23.7. The molecule has 2 aliphatic rings. The van der Waals surface area contributed by atoms with Crippen molar-refractivity contribution in [1.29, 1.82) is 0 Å². The van der Waals surface area contributed by atoms with Crippen LogP contribution in [-0.4, -0.2) is 39.8 Å². The first-order valence-electron chi connectivity index (χ1n) is 11.8. The van der Waals surface area contributed by atoms with E-state index in [4.69, 9.17) is 4.74 Å². The molecular weight excluding hydrogens is 348 g/mol. The number of nitrogens with zero attached hydrogens (tertiary/aromatic N) is 1. The summed E-state index contributed by atoms with van der Waals surface area (Å²) in [4.78, 5) is 15.8. The number of carbonyl (C=O) groups is 1. The van der Waals surface area contributed by atoms with Gasteiger partial charge in [-0.1, -0.05) is 58.8 Å². The van der Waals surface area contributed by atoms with Crippen LogP contribution in [0.4, 0.5) is 0 Å². The molecule has 1 unspecified atom stereocenters. The number of unbranched alkanes of at least 4 members (excludes halogenated alkanes) is 6. The van der Waals surface area contributed by atoms with E-state index in [0.717, 1.165) is 38.6 Å². The van der Waals surface area contributed by atoms with Gasteiger partial charge in [0.1, 0.15) is 11.3 Å². The number of amides is 1. The molecule has 2 heterocycles. The van der Waals surface area contributed by atoms with Crippen molar-refractivity contribution >= 4 is 5.91 Å². The van der Waals surface area contributed by atoms with Crippen LogP contribution in [0.5, 0.6) is 0 Å². The molecule has 0 aromatic carbocycles. The maximum atomic E-state index is 13.6. The Morgan fingerprint density at radius 3 is 1.93 bits per heavy atom. The lowest BCUT2D eigenvalue weighted by molar-refractivity contribution is -0.182. The zero-order chi connectivity index (χ0) is 21.1. The minimum absolute atomic E-state index is 0.0584. The van der Waals surface area contributed by atoms with Crippen LogP contribution in [-0.2, 0) is 9.53 Å². The highest BCUT2D eigenvalue weighted by Crippen LogP contribution is 2.49. The molecule has 0 aliphatic carbocycles. The summed E-state index contributed by atoms with van der Waals surface area (Å²) < 4.78 is 6.85. The smallest absolute Gasteiger partial charge is 0.256 e. The number of nitrogens with one attached hydrogen (secondary N) is 1. The van der Waals surface area contributed by atoms with E-state index in [2.05, 4.69) is 58.7 Å². The van der Waals surface area contributed by atoms with Crippen molar-refractivity contribution in [1.82, 2.24) is 10.2 Å². The summed E-state index contributed by atoms with van der Waals surface area (Å²) >= 11 is 0. The summed E-state index contributed by atoms with van der Waals surface area (Å²) in [6.45, 7) is 16.3. The molecule has 2 fully saturated rings. The third-order valence-electron chi connectivity index (χ3n) is 6.46. The van der Waals surface area contributed by atoms with Gasteiger partial charge in [0.2, 0.25) is 0 Å². The summed E-state index contributed by atoms with van der Waals surface area (Å²) in [5, 5.41) is 3.76. The number of hydrogen-bond donors (Lipinski definition) is 1. The minimum atomic E-state index is -0.665. The van der Waals surface area contributed by atoms with Gasteiger partial charge in [0.05, 0.1) is 0 Å². The summed E-state index contributed by atoms with van der Waals surface area (Å²) in [7, 11) is 0. The van der Waals surface area contributed by atoms with Crippen LogP contribution in [0.3, 0.4) is 0 Å². The van der Waals surface area contributed by atoms with Gasteiger partial charge in [-0.05, 0) is 47.5 Å². The van der Waals surface area contributed by atoms with Crippen molar-refractivity contribution in [3.05, 3.63) is 0 Å². The van der Waals surface area contributed by atoms with E-state index in [0.29, 0.717) is 0 Å². The second-order valence-electron chi connectivity index (χ2n) is 10.9. The summed E-state index contributed by atoms with van der Waals surface area (Å²) in [5.74, 6) is 0.231. The Morgan fingerprint density at radius 2 is 1.39 bits per heavy atom. The molecule has 4 nitrogen and oxygen atoms in total. The van der Waals surface area contributed by atoms with Crippen molar-refractivity contribution in [3.8, 4) is 0 Å². The molecule has 1 spiro atoms. The lowest BCUT2D eigenvalue weighted by Crippen LogP contribution is -2.67. The molecule has 1 atom stereocenters. The Balaban J connectivity index is 2.24. The molecular formula is C24H46N2O2. The fraction of sp³-hybridized carbons (Fsp3) is 0.958. The quantitative estimate of drug-likeness (QED) is 0.477. The van der Waals surface area contributed by atoms with Crippen LogP contribution in [0.15, 0.2) is 0 Å². The predicted octanol–water partition coefficient (Wildman–Crippen LogP) is 5.79. The maximum absolute atomic E-state index is 13.6. The Morgan fingerprint density at radius 1 is 0.857 bits per heavy atom. The van der Waals surface area contributed by atoms with Crippen LogP contribution in [0.1, 0.15) is 119 Å². The summed E-state index contributed by atoms with van der Waals surface area (Å²) in [5.41, 5.74) is -1.25. The van der Waals surface area contributed by atoms with Gasteiger partial charge < -0.3 is 15.0 Å². The number of piperidine rings is 1. The minimum Gasteiger partial charge on any atom is -0.339 e. The molecule has 2 saturated heterocycles. The van der Waals surface area contributed by atoms with Crippen LogP contribution in [0.25, 0.3) is 0 Å². The third-order valence-corrected chi connectivity index (χ3v) is 6.46. The summed E-state index contributed by atoms with van der Waals surface area (Å²) in [6.07, 6.45) is 12.0. The normalized spacial score (nSPS) is 28.2. The van der Waals surface area contributed by atoms with Crippen LogP contribution >= 0.6 is 0 Å². The maximum Gasteiger partial charge on any atom is 0.256 e. The molecule has 28 heavy (non-hydrogen) atoms. The molecule has 0 aromatic heterocycles. The van der Waals surface area contributed by atoms with E-state index in [1.54, 1.807) is 0 Å². The largest absolute Gasteiger partial charge is 0.339 e. The predicted molar refractivity (Wildman–Crippen MR) is 117 cm³/mol. The lowest BCUT2D eigenvalue weighted by Gasteiger charge is -2.53. The second kappa shape index (κ2) is 9.04. The molecule has 164 valence electrons. The van der Waals surface area contributed by atoms with Crippen molar-refractivity contribution in [3.63, 3.8) is 0 Å². The molecule has 2 rings (SSSR count). The monoisotopic (exact) mass is 394 g/mol. The SMILES string of the molecule is CCCCCCN1C(=O)C(C)(CCCCCC)OC12CC(C)(C)NC(C)(C)C2. The van der Waals surface area contributed by atoms with Gasteiger partial charge in [-0.3, -0.25) is 4.79 Å². The standard InChI is InChI=1S/C24H46N2O2/c1-8-10-12-14-16-23(7)20(27)26(17-15-13-11-9-2)24(28-23)18-21(3,4)25-22(5,6)19-24/h25H,8-19H2,1-7H3. The molecule has 1 amide bonds. The van der Waals surface area contributed by atoms with Gasteiger partial charge in [-0.2, -0.15) is 0 Å². The van der Waals surface area contributed by atoms with Crippen molar-refractivity contribution in [2.75, 3.05) is 6.54 Å². The number of ether oxygens (including phenoxy) is 1. The average molecular weight is 395 g/mol. The van der Waals surface area contributed by atoms with Gasteiger partial charge >= 0.3 is 0 Å². The zero-order valence-electron chi connectivity index (χ0n) is 19.7. The molecule has 2 aliphatic heterocycles. The highest BCUT2D eigenvalue weighted by atomic mass is 16.6. The number of hydrogen-bond acceptors (Lipinski definition) is 3. The number of carbonyl (C=O) groups excluding carboxylic acids is 1. The Kier molecular flexibility index (Phi) is 7.64. The first-order valence-corrected chi connectivity index (χ1v) is 11.8. The van der Waals surface area contributed by atoms with Crippen molar-refractivity contribution < 1.29 is 9.53 Å². The van der Waals surface area contributed by atoms with Crippen LogP contribution in [0, 0.1) is 0 Å². The van der Waals surface area contributed by atoms with E-state index in [1.807, 2.05) is 0 Å². The lowest BCUT2D eigenvalue weighted by atomic mass is 9.76. The van der Waals surface area contributed by atoms with E-state index in [1.165, 1.54) is 38.5 Å². The van der Waals surface area contributed by atoms with Crippen molar-refractivity contribution in [2.45, 2.75) is 141 Å². The molecule has 4 heteroatoms. The van der Waals surface area contributed by atoms with Crippen LogP contribution < -0.4 is 5.32 Å². The fourth-order valence-electron chi connectivity index (χ4n) is 5.75. The van der Waals surface area contributed by atoms with E-state index in [9.17, 15) is 4.79 Å². The zero-order valence-corrected chi connectivity index (χ0v) is 19.7. The highest BCUT2D eigenvalue weighted by molar-refractivity contribution is 5.87. The average Bonchev–Trinajstić information content (AvgIpc) is 2.73. The summed E-state index contributed by atoms with van der Waals surface area (Å²) in [6, 6.07) is 0. The number of rotatable bonds is 10. The Hall–Kier alpha value is -0.610. The van der Waals surface area contributed by atoms with E-state index in [-0.39, 0.29) is 17.0 Å². The molecule has 0 saturated carbocycles. The molecule has 0 bridgehead atoms. The first-order chi connectivity index (χ1) is 13.0. The third kappa shape index (κ3) is 5.50. The molecule has 0 aromatic rings. The molecule has 1 N–H and O–H groups in total. The highest BCUT2D eigenvalue weighted by Gasteiger charge is 2.62. The second-order valence-corrected chi connectivity index (χ2v) is 10.9. The Bertz CT molecular complexity index is 513. The van der Waals surface area contributed by atoms with Gasteiger partial charge in [-0.25, -0.2) is 0 Å².